The maximum absolute atomic E-state index is 13.3. The molecule has 0 spiro atoms. The van der Waals surface area contributed by atoms with Crippen molar-refractivity contribution in [3.8, 4) is 0 Å². The molecular weight excluding hydrogens is 362 g/mol. The maximum atomic E-state index is 13.3. The Balaban J connectivity index is 1.41. The van der Waals surface area contributed by atoms with E-state index in [0.29, 0.717) is 16.3 Å². The van der Waals surface area contributed by atoms with Gasteiger partial charge in [0.15, 0.2) is 0 Å². The summed E-state index contributed by atoms with van der Waals surface area (Å²) in [6.07, 6.45) is 9.62. The highest BCUT2D eigenvalue weighted by Gasteiger charge is 2.57. The van der Waals surface area contributed by atoms with E-state index in [4.69, 9.17) is 0 Å². The minimum absolute atomic E-state index is 0.266. The van der Waals surface area contributed by atoms with Crippen molar-refractivity contribution in [1.29, 1.82) is 0 Å². The molecule has 24 heavy (non-hydrogen) atoms. The Bertz CT molecular complexity index is 685. The molecule has 1 aromatic carbocycles. The van der Waals surface area contributed by atoms with Gasteiger partial charge in [0, 0.05) is 22.5 Å². The van der Waals surface area contributed by atoms with Crippen molar-refractivity contribution in [1.82, 2.24) is 0 Å². The van der Waals surface area contributed by atoms with E-state index in [9.17, 15) is 4.79 Å². The van der Waals surface area contributed by atoms with E-state index in [1.54, 1.807) is 0 Å². The average molecular weight is 388 g/mol. The van der Waals surface area contributed by atoms with Gasteiger partial charge in [-0.3, -0.25) is 4.79 Å². The topological polar surface area (TPSA) is 20.3 Å². The van der Waals surface area contributed by atoms with Crippen LogP contribution in [0.3, 0.4) is 0 Å². The highest BCUT2D eigenvalue weighted by molar-refractivity contribution is 9.10. The number of benzene rings is 1. The van der Waals surface area contributed by atoms with E-state index in [1.807, 2.05) is 0 Å². The van der Waals surface area contributed by atoms with Gasteiger partial charge in [-0.1, -0.05) is 34.1 Å². The van der Waals surface area contributed by atoms with Crippen molar-refractivity contribution in [2.45, 2.75) is 68.7 Å². The van der Waals surface area contributed by atoms with Crippen LogP contribution >= 0.6 is 15.9 Å². The van der Waals surface area contributed by atoms with Crippen LogP contribution in [0.15, 0.2) is 24.3 Å². The van der Waals surface area contributed by atoms with Gasteiger partial charge in [0.2, 0.25) is 5.91 Å². The largest absolute Gasteiger partial charge is 0.309 e. The number of carbonyl (C=O) groups excluding carboxylic acids is 1. The molecule has 2 nitrogen and oxygen atoms in total. The number of para-hydroxylation sites is 1. The molecule has 0 aromatic heterocycles. The molecule has 3 heteroatoms. The molecule has 4 fully saturated rings. The van der Waals surface area contributed by atoms with Gasteiger partial charge >= 0.3 is 0 Å². The third kappa shape index (κ3) is 2.30. The number of carbonyl (C=O) groups is 1. The highest BCUT2D eigenvalue weighted by atomic mass is 79.9. The molecule has 5 aliphatic rings. The number of rotatable bonds is 2. The van der Waals surface area contributed by atoms with Crippen molar-refractivity contribution >= 4 is 27.5 Å². The van der Waals surface area contributed by atoms with Gasteiger partial charge in [-0.05, 0) is 80.8 Å². The van der Waals surface area contributed by atoms with Gasteiger partial charge in [0.05, 0.1) is 0 Å². The van der Waals surface area contributed by atoms with E-state index < -0.39 is 0 Å². The van der Waals surface area contributed by atoms with Crippen LogP contribution in [-0.4, -0.2) is 16.3 Å². The molecular formula is C21H26BrNO. The quantitative estimate of drug-likeness (QED) is 0.647. The summed E-state index contributed by atoms with van der Waals surface area (Å²) >= 11 is 4.08. The first-order valence-corrected chi connectivity index (χ1v) is 10.3. The van der Waals surface area contributed by atoms with Crippen LogP contribution in [0.5, 0.6) is 0 Å². The standard InChI is InChI=1S/C21H26BrNO/c1-14-6-17-4-2-3-5-18(17)23(14)19(24)12-20-8-15-7-16(9-20)11-21(22,10-15)13-20/h2-5,14-16H,6-13H2,1H3/t14-,15-,16-,20?,21?/m1/s1. The molecule has 4 bridgehead atoms. The summed E-state index contributed by atoms with van der Waals surface area (Å²) in [6.45, 7) is 2.20. The second-order valence-electron chi connectivity index (χ2n) is 9.23. The van der Waals surface area contributed by atoms with E-state index in [2.05, 4.69) is 52.0 Å². The number of halogens is 1. The maximum Gasteiger partial charge on any atom is 0.227 e. The number of hydrogen-bond acceptors (Lipinski definition) is 1. The molecule has 1 aliphatic heterocycles. The Labute approximate surface area is 153 Å². The van der Waals surface area contributed by atoms with Gasteiger partial charge in [0.1, 0.15) is 0 Å². The van der Waals surface area contributed by atoms with Crippen molar-refractivity contribution in [3.63, 3.8) is 0 Å². The average Bonchev–Trinajstić information content (AvgIpc) is 2.79. The normalized spacial score (nSPS) is 42.4. The van der Waals surface area contributed by atoms with Crippen LogP contribution in [0.4, 0.5) is 5.69 Å². The monoisotopic (exact) mass is 387 g/mol. The number of fused-ring (bicyclic) bond motifs is 1. The van der Waals surface area contributed by atoms with Crippen molar-refractivity contribution in [2.75, 3.05) is 4.90 Å². The molecule has 4 saturated carbocycles. The molecule has 128 valence electrons. The first-order valence-electron chi connectivity index (χ1n) is 9.54. The zero-order valence-electron chi connectivity index (χ0n) is 14.4. The molecule has 4 aliphatic carbocycles. The molecule has 0 saturated heterocycles. The predicted molar refractivity (Wildman–Crippen MR) is 100 cm³/mol. The van der Waals surface area contributed by atoms with Gasteiger partial charge in [-0.25, -0.2) is 0 Å². The third-order valence-corrected chi connectivity index (χ3v) is 8.04. The zero-order chi connectivity index (χ0) is 16.5. The summed E-state index contributed by atoms with van der Waals surface area (Å²) in [7, 11) is 0. The fourth-order valence-corrected chi connectivity index (χ4v) is 8.40. The lowest BCUT2D eigenvalue weighted by Crippen LogP contribution is -2.54. The van der Waals surface area contributed by atoms with Crippen LogP contribution < -0.4 is 4.90 Å². The van der Waals surface area contributed by atoms with E-state index in [1.165, 1.54) is 44.1 Å². The van der Waals surface area contributed by atoms with Gasteiger partial charge < -0.3 is 4.90 Å². The van der Waals surface area contributed by atoms with Gasteiger partial charge in [-0.2, -0.15) is 0 Å². The Kier molecular flexibility index (Phi) is 3.27. The fourth-order valence-electron chi connectivity index (χ4n) is 6.89. The van der Waals surface area contributed by atoms with Crippen LogP contribution in [0.1, 0.15) is 57.4 Å². The minimum atomic E-state index is 0.266. The van der Waals surface area contributed by atoms with Crippen molar-refractivity contribution in [2.24, 2.45) is 17.3 Å². The minimum Gasteiger partial charge on any atom is -0.309 e. The molecule has 3 atom stereocenters. The summed E-state index contributed by atoms with van der Waals surface area (Å²) in [5.41, 5.74) is 2.76. The SMILES string of the molecule is C[C@@H]1Cc2ccccc2N1C(=O)CC12C[C@H]3C[C@@H](CC(Br)(C3)C1)C2. The number of amides is 1. The van der Waals surface area contributed by atoms with Crippen LogP contribution in [0.25, 0.3) is 0 Å². The Morgan fingerprint density at radius 3 is 2.62 bits per heavy atom. The Morgan fingerprint density at radius 1 is 1.21 bits per heavy atom. The lowest BCUT2D eigenvalue weighted by molar-refractivity contribution is -0.125. The molecule has 0 unspecified atom stereocenters. The van der Waals surface area contributed by atoms with E-state index in [-0.39, 0.29) is 5.41 Å². The summed E-state index contributed by atoms with van der Waals surface area (Å²) in [5.74, 6) is 2.06. The van der Waals surface area contributed by atoms with Crippen molar-refractivity contribution < 1.29 is 4.79 Å². The Morgan fingerprint density at radius 2 is 1.92 bits per heavy atom. The highest BCUT2D eigenvalue weighted by Crippen LogP contribution is 2.65. The number of anilines is 1. The van der Waals surface area contributed by atoms with Gasteiger partial charge in [-0.15, -0.1) is 0 Å². The Hall–Kier alpha value is -0.830. The molecule has 1 amide bonds. The lowest BCUT2D eigenvalue weighted by Gasteiger charge is -2.60. The van der Waals surface area contributed by atoms with E-state index >= 15 is 0 Å². The van der Waals surface area contributed by atoms with Crippen LogP contribution in [0.2, 0.25) is 0 Å². The molecule has 1 aromatic rings. The first kappa shape index (κ1) is 15.4. The summed E-state index contributed by atoms with van der Waals surface area (Å²) in [5, 5.41) is 0. The molecule has 6 rings (SSSR count). The zero-order valence-corrected chi connectivity index (χ0v) is 16.0. The van der Waals surface area contributed by atoms with Crippen molar-refractivity contribution in [3.05, 3.63) is 29.8 Å². The summed E-state index contributed by atoms with van der Waals surface area (Å²) in [6, 6.07) is 8.77. The van der Waals surface area contributed by atoms with Crippen LogP contribution in [-0.2, 0) is 11.2 Å². The number of hydrogen-bond donors (Lipinski definition) is 0. The summed E-state index contributed by atoms with van der Waals surface area (Å²) < 4.78 is 0.339. The second kappa shape index (κ2) is 5.09. The molecule has 0 N–H and O–H groups in total. The number of nitrogens with zero attached hydrogens (tertiary/aromatic N) is 1. The summed E-state index contributed by atoms with van der Waals surface area (Å²) in [4.78, 5) is 15.4. The van der Waals surface area contributed by atoms with Gasteiger partial charge in [0.25, 0.3) is 0 Å². The lowest BCUT2D eigenvalue weighted by atomic mass is 9.48. The number of alkyl halides is 1. The smallest absolute Gasteiger partial charge is 0.227 e. The second-order valence-corrected chi connectivity index (χ2v) is 10.9. The third-order valence-electron chi connectivity index (χ3n) is 7.11. The fraction of sp³-hybridized carbons (Fsp3) is 0.667. The molecule has 1 heterocycles. The predicted octanol–water partition coefficient (Wildman–Crippen LogP) is 5.09. The first-order chi connectivity index (χ1) is 11.5. The van der Waals surface area contributed by atoms with E-state index in [0.717, 1.165) is 30.4 Å². The molecule has 0 radical (unpaired) electrons. The van der Waals surface area contributed by atoms with Crippen LogP contribution in [0, 0.1) is 17.3 Å².